The molecule has 96 valence electrons. The van der Waals surface area contributed by atoms with Crippen LogP contribution in [0.5, 0.6) is 0 Å². The lowest BCUT2D eigenvalue weighted by atomic mass is 9.96. The molecule has 9 nitrogen and oxygen atoms in total. The lowest BCUT2D eigenvalue weighted by molar-refractivity contribution is -0.170. The van der Waals surface area contributed by atoms with Crippen molar-refractivity contribution in [2.24, 2.45) is 0 Å². The quantitative estimate of drug-likeness (QED) is 0.353. The van der Waals surface area contributed by atoms with Crippen molar-refractivity contribution in [3.8, 4) is 6.07 Å². The number of rotatable bonds is 5. The molecule has 0 aliphatic heterocycles. The van der Waals surface area contributed by atoms with E-state index in [-0.39, 0.29) is 6.61 Å². The third-order valence-electron chi connectivity index (χ3n) is 1.36. The molecule has 0 aromatic carbocycles. The summed E-state index contributed by atoms with van der Waals surface area (Å²) in [7, 11) is 0. The average molecular weight is 249 g/mol. The van der Waals surface area contributed by atoms with Crippen molar-refractivity contribution < 1.29 is 39.9 Å². The Labute approximate surface area is 95.1 Å². The van der Waals surface area contributed by atoms with E-state index in [1.54, 1.807) is 0 Å². The van der Waals surface area contributed by atoms with Crippen LogP contribution >= 0.6 is 0 Å². The molecule has 9 heteroatoms. The smallest absolute Gasteiger partial charge is 0.336 e. The van der Waals surface area contributed by atoms with Gasteiger partial charge in [0.15, 0.2) is 5.60 Å². The molecule has 0 spiro atoms. The lowest BCUT2D eigenvalue weighted by Crippen LogP contribution is -2.42. The van der Waals surface area contributed by atoms with Gasteiger partial charge in [-0.3, -0.25) is 9.59 Å². The van der Waals surface area contributed by atoms with Gasteiger partial charge in [0.05, 0.1) is 18.9 Å². The number of carboxylic acid groups (broad SMARTS) is 3. The maximum atomic E-state index is 10.3. The molecule has 0 fully saturated rings. The predicted octanol–water partition coefficient (Wildman–Crippen LogP) is -1.75. The van der Waals surface area contributed by atoms with Gasteiger partial charge < -0.3 is 25.5 Å². The van der Waals surface area contributed by atoms with E-state index in [1.807, 2.05) is 0 Å². The first-order valence-electron chi connectivity index (χ1n) is 4.06. The molecular weight excluding hydrogens is 238 g/mol. The van der Waals surface area contributed by atoms with Crippen LogP contribution in [0.2, 0.25) is 0 Å². The van der Waals surface area contributed by atoms with Crippen LogP contribution < -0.4 is 0 Å². The van der Waals surface area contributed by atoms with Crippen LogP contribution in [-0.4, -0.2) is 55.6 Å². The highest BCUT2D eigenvalue weighted by atomic mass is 16.4. The van der Waals surface area contributed by atoms with Crippen LogP contribution in [0.4, 0.5) is 0 Å². The fourth-order valence-corrected chi connectivity index (χ4v) is 0.714. The second-order valence-electron chi connectivity index (χ2n) is 2.79. The molecule has 0 aromatic rings. The highest BCUT2D eigenvalue weighted by Crippen LogP contribution is 2.15. The normalized spacial score (nSPS) is 9.47. The summed E-state index contributed by atoms with van der Waals surface area (Å²) in [4.78, 5) is 30.5. The van der Waals surface area contributed by atoms with Crippen LogP contribution in [-0.2, 0) is 14.4 Å². The Kier molecular flexibility index (Phi) is 8.13. The number of nitrogens with zero attached hydrogens (tertiary/aromatic N) is 1. The van der Waals surface area contributed by atoms with Gasteiger partial charge in [0.25, 0.3) is 0 Å². The van der Waals surface area contributed by atoms with Crippen molar-refractivity contribution in [1.29, 1.82) is 5.26 Å². The number of hydrogen-bond donors (Lipinski definition) is 5. The highest BCUT2D eigenvalue weighted by molar-refractivity contribution is 5.88. The molecule has 0 amide bonds. The number of nitriles is 1. The second-order valence-corrected chi connectivity index (χ2v) is 2.79. The monoisotopic (exact) mass is 249 g/mol. The number of hydrogen-bond acceptors (Lipinski definition) is 6. The first-order valence-corrected chi connectivity index (χ1v) is 4.06. The van der Waals surface area contributed by atoms with Crippen molar-refractivity contribution in [1.82, 2.24) is 0 Å². The molecule has 17 heavy (non-hydrogen) atoms. The molecule has 0 saturated heterocycles. The maximum absolute atomic E-state index is 10.3. The zero-order valence-electron chi connectivity index (χ0n) is 8.53. The summed E-state index contributed by atoms with van der Waals surface area (Å²) in [5, 5.41) is 48.7. The topological polar surface area (TPSA) is 176 Å². The van der Waals surface area contributed by atoms with E-state index >= 15 is 0 Å². The summed E-state index contributed by atoms with van der Waals surface area (Å²) in [5.41, 5.74) is -2.74. The van der Waals surface area contributed by atoms with E-state index in [0.29, 0.717) is 0 Å². The first-order chi connectivity index (χ1) is 7.69. The Balaban J connectivity index is 0. The van der Waals surface area contributed by atoms with Crippen LogP contribution in [0.3, 0.4) is 0 Å². The van der Waals surface area contributed by atoms with Crippen molar-refractivity contribution in [3.05, 3.63) is 0 Å². The molecule has 0 aliphatic rings. The molecule has 0 bridgehead atoms. The van der Waals surface area contributed by atoms with E-state index < -0.39 is 36.4 Å². The minimum atomic E-state index is -2.74. The number of carbonyl (C=O) groups is 3. The molecule has 0 saturated carbocycles. The van der Waals surface area contributed by atoms with Gasteiger partial charge in [0.1, 0.15) is 6.61 Å². The standard InChI is InChI=1S/C6H8O7.C2H3NO/c7-3(8)1-6(13,5(11)12)2-4(9)10;3-1-2-4/h13H,1-2H2,(H,7,8)(H,9,10)(H,11,12);4H,2H2. The molecular formula is C8H11NO8. The zero-order chi connectivity index (χ0) is 14.1. The Morgan fingerprint density at radius 3 is 1.47 bits per heavy atom. The van der Waals surface area contributed by atoms with Crippen LogP contribution in [0.1, 0.15) is 12.8 Å². The van der Waals surface area contributed by atoms with Gasteiger partial charge in [-0.15, -0.1) is 0 Å². The fraction of sp³-hybridized carbons (Fsp3) is 0.500. The van der Waals surface area contributed by atoms with Gasteiger partial charge in [0, 0.05) is 0 Å². The fourth-order valence-electron chi connectivity index (χ4n) is 0.714. The maximum Gasteiger partial charge on any atom is 0.336 e. The van der Waals surface area contributed by atoms with Crippen LogP contribution in [0.15, 0.2) is 0 Å². The van der Waals surface area contributed by atoms with Crippen LogP contribution in [0.25, 0.3) is 0 Å². The molecule has 0 aromatic heterocycles. The lowest BCUT2D eigenvalue weighted by Gasteiger charge is -2.18. The average Bonchev–Trinajstić information content (AvgIpc) is 2.15. The van der Waals surface area contributed by atoms with Gasteiger partial charge in [-0.1, -0.05) is 0 Å². The minimum Gasteiger partial charge on any atom is -0.481 e. The van der Waals surface area contributed by atoms with Crippen LogP contribution in [0, 0.1) is 11.3 Å². The number of carboxylic acids is 3. The summed E-state index contributed by atoms with van der Waals surface area (Å²) >= 11 is 0. The summed E-state index contributed by atoms with van der Waals surface area (Å²) in [6, 6.07) is 1.49. The molecule has 0 rings (SSSR count). The van der Waals surface area contributed by atoms with Crippen molar-refractivity contribution in [2.45, 2.75) is 18.4 Å². The predicted molar refractivity (Wildman–Crippen MR) is 49.8 cm³/mol. The summed E-state index contributed by atoms with van der Waals surface area (Å²) < 4.78 is 0. The Morgan fingerprint density at radius 2 is 1.35 bits per heavy atom. The summed E-state index contributed by atoms with van der Waals surface area (Å²) in [6.07, 6.45) is -2.29. The van der Waals surface area contributed by atoms with Crippen molar-refractivity contribution in [3.63, 3.8) is 0 Å². The van der Waals surface area contributed by atoms with E-state index in [1.165, 1.54) is 6.07 Å². The number of aliphatic carboxylic acids is 3. The van der Waals surface area contributed by atoms with Gasteiger partial charge in [-0.25, -0.2) is 4.79 Å². The Hall–Kier alpha value is -2.18. The molecule has 5 N–H and O–H groups in total. The first kappa shape index (κ1) is 17.2. The molecule has 0 radical (unpaired) electrons. The van der Waals surface area contributed by atoms with E-state index in [2.05, 4.69) is 0 Å². The second kappa shape index (κ2) is 8.03. The van der Waals surface area contributed by atoms with Gasteiger partial charge in [-0.2, -0.15) is 5.26 Å². The number of aliphatic hydroxyl groups excluding tert-OH is 1. The largest absolute Gasteiger partial charge is 0.481 e. The SMILES string of the molecule is N#CCO.O=C(O)CC(O)(CC(=O)O)C(=O)O. The molecule has 0 atom stereocenters. The van der Waals surface area contributed by atoms with Crippen molar-refractivity contribution in [2.75, 3.05) is 6.61 Å². The third kappa shape index (κ3) is 8.79. The number of aliphatic hydroxyl groups is 2. The van der Waals surface area contributed by atoms with Gasteiger partial charge >= 0.3 is 17.9 Å². The highest BCUT2D eigenvalue weighted by Gasteiger charge is 2.40. The van der Waals surface area contributed by atoms with Gasteiger partial charge in [0.2, 0.25) is 0 Å². The zero-order valence-corrected chi connectivity index (χ0v) is 8.53. The molecule has 0 aliphatic carbocycles. The van der Waals surface area contributed by atoms with Gasteiger partial charge in [-0.05, 0) is 0 Å². The summed E-state index contributed by atoms with van der Waals surface area (Å²) in [6.45, 7) is -0.375. The molecule has 0 unspecified atom stereocenters. The Morgan fingerprint density at radius 1 is 1.06 bits per heavy atom. The Bertz CT molecular complexity index is 315. The van der Waals surface area contributed by atoms with E-state index in [9.17, 15) is 14.4 Å². The van der Waals surface area contributed by atoms with E-state index in [0.717, 1.165) is 0 Å². The third-order valence-corrected chi connectivity index (χ3v) is 1.36. The van der Waals surface area contributed by atoms with Crippen molar-refractivity contribution >= 4 is 17.9 Å². The summed E-state index contributed by atoms with van der Waals surface area (Å²) in [5.74, 6) is -5.02. The molecule has 0 heterocycles. The van der Waals surface area contributed by atoms with E-state index in [4.69, 9.17) is 30.8 Å². The minimum absolute atomic E-state index is 0.375.